The van der Waals surface area contributed by atoms with E-state index in [1.54, 1.807) is 0 Å². The molecule has 0 bridgehead atoms. The van der Waals surface area contributed by atoms with Gasteiger partial charge >= 0.3 is 5.97 Å². The highest BCUT2D eigenvalue weighted by Gasteiger charge is 2.31. The van der Waals surface area contributed by atoms with Crippen molar-refractivity contribution in [2.45, 2.75) is 64.8 Å². The first kappa shape index (κ1) is 16.1. The second kappa shape index (κ2) is 7.60. The summed E-state index contributed by atoms with van der Waals surface area (Å²) in [4.78, 5) is 21.9. The number of ketones is 1. The molecule has 0 saturated carbocycles. The topological polar surface area (TPSA) is 61.8 Å². The quantitative estimate of drug-likeness (QED) is 0.501. The van der Waals surface area contributed by atoms with Gasteiger partial charge in [0.05, 0.1) is 25.7 Å². The summed E-state index contributed by atoms with van der Waals surface area (Å²) in [6.45, 7) is 6.32. The van der Waals surface area contributed by atoms with Gasteiger partial charge in [-0.2, -0.15) is 0 Å². The third-order valence-electron chi connectivity index (χ3n) is 2.93. The number of rotatable bonds is 8. The molecule has 1 aliphatic heterocycles. The predicted octanol–water partition coefficient (Wildman–Crippen LogP) is 2.22. The molecule has 1 aliphatic rings. The molecule has 0 spiro atoms. The molecule has 0 N–H and O–H groups in total. The normalized spacial score (nSPS) is 21.3. The second-order valence-electron chi connectivity index (χ2n) is 5.37. The predicted molar refractivity (Wildman–Crippen MR) is 69.6 cm³/mol. The number of Topliss-reactive ketones (excluding diaryl/α,β-unsaturated/α-hetero) is 1. The molecule has 1 heterocycles. The van der Waals surface area contributed by atoms with E-state index in [4.69, 9.17) is 14.2 Å². The van der Waals surface area contributed by atoms with Crippen molar-refractivity contribution in [1.29, 1.82) is 0 Å². The Hall–Kier alpha value is -0.940. The van der Waals surface area contributed by atoms with Crippen LogP contribution in [0.4, 0.5) is 0 Å². The van der Waals surface area contributed by atoms with Crippen molar-refractivity contribution in [3.05, 3.63) is 0 Å². The summed E-state index contributed by atoms with van der Waals surface area (Å²) in [5.41, 5.74) is 0. The molecule has 1 rings (SSSR count). The minimum Gasteiger partial charge on any atom is -0.466 e. The highest BCUT2D eigenvalue weighted by atomic mass is 16.7. The molecular weight excluding hydrogens is 248 g/mol. The van der Waals surface area contributed by atoms with Crippen molar-refractivity contribution in [2.24, 2.45) is 0 Å². The van der Waals surface area contributed by atoms with Gasteiger partial charge < -0.3 is 19.0 Å². The van der Waals surface area contributed by atoms with Crippen molar-refractivity contribution in [3.63, 3.8) is 0 Å². The fourth-order valence-corrected chi connectivity index (χ4v) is 1.92. The highest BCUT2D eigenvalue weighted by Crippen LogP contribution is 2.25. The van der Waals surface area contributed by atoms with E-state index >= 15 is 0 Å². The van der Waals surface area contributed by atoms with Crippen molar-refractivity contribution >= 4 is 11.8 Å². The summed E-state index contributed by atoms with van der Waals surface area (Å²) in [6.07, 6.45) is 3.25. The molecule has 1 saturated heterocycles. The van der Waals surface area contributed by atoms with E-state index < -0.39 is 5.79 Å². The van der Waals surface area contributed by atoms with Crippen LogP contribution in [0.5, 0.6) is 0 Å². The number of carbonyl (C=O) groups is 2. The molecule has 1 unspecified atom stereocenters. The molecule has 1 fully saturated rings. The number of unbranched alkanes of at least 4 members (excludes halogenated alkanes) is 1. The van der Waals surface area contributed by atoms with Crippen molar-refractivity contribution in [2.75, 3.05) is 13.2 Å². The number of esters is 1. The van der Waals surface area contributed by atoms with Crippen LogP contribution in [0.15, 0.2) is 0 Å². The van der Waals surface area contributed by atoms with Gasteiger partial charge in [-0.25, -0.2) is 0 Å². The third kappa shape index (κ3) is 7.28. The highest BCUT2D eigenvalue weighted by molar-refractivity contribution is 5.80. The zero-order valence-corrected chi connectivity index (χ0v) is 12.1. The van der Waals surface area contributed by atoms with Gasteiger partial charge in [0.15, 0.2) is 5.79 Å². The van der Waals surface area contributed by atoms with Gasteiger partial charge in [-0.1, -0.05) is 0 Å². The van der Waals surface area contributed by atoms with Crippen molar-refractivity contribution < 1.29 is 23.8 Å². The van der Waals surface area contributed by atoms with Crippen molar-refractivity contribution in [1.82, 2.24) is 0 Å². The van der Waals surface area contributed by atoms with E-state index in [1.165, 1.54) is 6.92 Å². The van der Waals surface area contributed by atoms with Crippen LogP contribution in [0.3, 0.4) is 0 Å². The van der Waals surface area contributed by atoms with Gasteiger partial charge in [0.2, 0.25) is 0 Å². The van der Waals surface area contributed by atoms with E-state index in [0.29, 0.717) is 13.2 Å². The minimum atomic E-state index is -0.468. The molecule has 1 atom stereocenters. The first-order chi connectivity index (χ1) is 8.89. The molecule has 0 aliphatic carbocycles. The maximum absolute atomic E-state index is 11.2. The third-order valence-corrected chi connectivity index (χ3v) is 2.93. The van der Waals surface area contributed by atoms with Crippen LogP contribution in [-0.4, -0.2) is 36.9 Å². The molecule has 5 nitrogen and oxygen atoms in total. The Morgan fingerprint density at radius 2 is 2.00 bits per heavy atom. The maximum Gasteiger partial charge on any atom is 0.306 e. The fourth-order valence-electron chi connectivity index (χ4n) is 1.92. The number of carbonyl (C=O) groups excluding carboxylic acids is 2. The molecule has 0 aromatic rings. The number of ether oxygens (including phenoxy) is 3. The Kier molecular flexibility index (Phi) is 6.45. The first-order valence-corrected chi connectivity index (χ1v) is 6.86. The van der Waals surface area contributed by atoms with Crippen molar-refractivity contribution in [3.8, 4) is 0 Å². The lowest BCUT2D eigenvalue weighted by Gasteiger charge is -2.16. The summed E-state index contributed by atoms with van der Waals surface area (Å²) in [6, 6.07) is 0. The van der Waals surface area contributed by atoms with Gasteiger partial charge in [-0.05, 0) is 40.0 Å². The Labute approximate surface area is 114 Å². The van der Waals surface area contributed by atoms with Gasteiger partial charge in [0.1, 0.15) is 5.78 Å². The zero-order valence-electron chi connectivity index (χ0n) is 12.1. The SMILES string of the molecule is CC(=O)CCC(=O)OCCCCC1COC(C)(C)O1. The lowest BCUT2D eigenvalue weighted by molar-refractivity contribution is -0.145. The van der Waals surface area contributed by atoms with Crippen LogP contribution in [0.25, 0.3) is 0 Å². The average molecular weight is 272 g/mol. The lowest BCUT2D eigenvalue weighted by Crippen LogP contribution is -2.21. The van der Waals surface area contributed by atoms with Crippen LogP contribution in [0, 0.1) is 0 Å². The fraction of sp³-hybridized carbons (Fsp3) is 0.857. The minimum absolute atomic E-state index is 0.0120. The Bertz CT molecular complexity index is 311. The average Bonchev–Trinajstić information content (AvgIpc) is 2.66. The van der Waals surface area contributed by atoms with Crippen LogP contribution in [0.1, 0.15) is 52.9 Å². The lowest BCUT2D eigenvalue weighted by atomic mass is 10.2. The van der Waals surface area contributed by atoms with E-state index in [9.17, 15) is 9.59 Å². The molecule has 110 valence electrons. The largest absolute Gasteiger partial charge is 0.466 e. The van der Waals surface area contributed by atoms with E-state index in [1.807, 2.05) is 13.8 Å². The summed E-state index contributed by atoms with van der Waals surface area (Å²) in [7, 11) is 0. The molecular formula is C14H24O5. The maximum atomic E-state index is 11.2. The Balaban J connectivity index is 1.97. The molecule has 0 aromatic carbocycles. The molecule has 5 heteroatoms. The van der Waals surface area contributed by atoms with E-state index in [2.05, 4.69) is 0 Å². The monoisotopic (exact) mass is 272 g/mol. The van der Waals surface area contributed by atoms with Crippen LogP contribution in [-0.2, 0) is 23.8 Å². The zero-order chi connectivity index (χ0) is 14.3. The Morgan fingerprint density at radius 3 is 2.58 bits per heavy atom. The molecule has 0 amide bonds. The second-order valence-corrected chi connectivity index (χ2v) is 5.37. The summed E-state index contributed by atoms with van der Waals surface area (Å²) < 4.78 is 16.2. The van der Waals surface area contributed by atoms with Gasteiger partial charge in [0.25, 0.3) is 0 Å². The van der Waals surface area contributed by atoms with Gasteiger partial charge in [-0.15, -0.1) is 0 Å². The standard InChI is InChI=1S/C14H24O5/c1-11(15)7-8-13(16)17-9-5-4-6-12-10-18-14(2,3)19-12/h12H,4-10H2,1-3H3. The van der Waals surface area contributed by atoms with Crippen LogP contribution in [0.2, 0.25) is 0 Å². The Morgan fingerprint density at radius 1 is 1.26 bits per heavy atom. The van der Waals surface area contributed by atoms with E-state index in [0.717, 1.165) is 19.3 Å². The summed E-state index contributed by atoms with van der Waals surface area (Å²) in [5, 5.41) is 0. The summed E-state index contributed by atoms with van der Waals surface area (Å²) >= 11 is 0. The molecule has 0 aromatic heterocycles. The van der Waals surface area contributed by atoms with E-state index in [-0.39, 0.29) is 30.7 Å². The first-order valence-electron chi connectivity index (χ1n) is 6.86. The smallest absolute Gasteiger partial charge is 0.306 e. The molecule has 0 radical (unpaired) electrons. The number of hydrogen-bond donors (Lipinski definition) is 0. The molecule has 19 heavy (non-hydrogen) atoms. The summed E-state index contributed by atoms with van der Waals surface area (Å²) in [5.74, 6) is -0.751. The van der Waals surface area contributed by atoms with Crippen LogP contribution < -0.4 is 0 Å². The number of hydrogen-bond acceptors (Lipinski definition) is 5. The van der Waals surface area contributed by atoms with Crippen LogP contribution >= 0.6 is 0 Å². The van der Waals surface area contributed by atoms with Gasteiger partial charge in [0, 0.05) is 6.42 Å². The van der Waals surface area contributed by atoms with Gasteiger partial charge in [-0.3, -0.25) is 4.79 Å².